The molecule has 1 aliphatic carbocycles. The summed E-state index contributed by atoms with van der Waals surface area (Å²) in [5, 5.41) is 2.50. The fourth-order valence-corrected chi connectivity index (χ4v) is 2.35. The molecule has 0 heterocycles. The molecule has 0 unspecified atom stereocenters. The van der Waals surface area contributed by atoms with E-state index >= 15 is 0 Å². The highest BCUT2D eigenvalue weighted by Gasteiger charge is 2.18. The number of nitrogens with one attached hydrogen (secondary N) is 1. The van der Waals surface area contributed by atoms with E-state index in [0.29, 0.717) is 12.1 Å². The molecule has 0 aromatic heterocycles. The summed E-state index contributed by atoms with van der Waals surface area (Å²) in [4.78, 5) is 22.6. The molecule has 0 atom stereocenters. The Morgan fingerprint density at radius 1 is 1.15 bits per heavy atom. The fraction of sp³-hybridized carbons (Fsp3) is 0.467. The molecule has 5 nitrogen and oxygen atoms in total. The third kappa shape index (κ3) is 4.26. The van der Waals surface area contributed by atoms with Gasteiger partial charge >= 0.3 is 12.0 Å². The zero-order chi connectivity index (χ0) is 14.4. The Bertz CT molecular complexity index is 465. The molecule has 1 fully saturated rings. The molecule has 1 saturated carbocycles. The number of amides is 2. The molecule has 0 radical (unpaired) electrons. The van der Waals surface area contributed by atoms with Crippen LogP contribution in [0.4, 0.5) is 4.79 Å². The first-order valence-electron chi connectivity index (χ1n) is 6.98. The van der Waals surface area contributed by atoms with Gasteiger partial charge in [-0.2, -0.15) is 0 Å². The van der Waals surface area contributed by atoms with E-state index in [9.17, 15) is 9.59 Å². The molecule has 0 bridgehead atoms. The molecule has 1 aromatic carbocycles. The van der Waals surface area contributed by atoms with Crippen LogP contribution in [0, 0.1) is 0 Å². The molecular weight excluding hydrogens is 256 g/mol. The highest BCUT2D eigenvalue weighted by Crippen LogP contribution is 2.21. The van der Waals surface area contributed by atoms with Crippen molar-refractivity contribution in [3.8, 4) is 0 Å². The highest BCUT2D eigenvalue weighted by atomic mass is 16.5. The van der Waals surface area contributed by atoms with E-state index in [1.165, 1.54) is 6.42 Å². The number of urea groups is 1. The van der Waals surface area contributed by atoms with E-state index in [0.717, 1.165) is 31.2 Å². The smallest absolute Gasteiger partial charge is 0.338 e. The van der Waals surface area contributed by atoms with Crippen LogP contribution in [0.5, 0.6) is 0 Å². The lowest BCUT2D eigenvalue weighted by atomic mass is 9.98. The van der Waals surface area contributed by atoms with Gasteiger partial charge in [0.2, 0.25) is 0 Å². The standard InChI is InChI=1S/C15H20N2O3/c16-15(19)17-10-11-6-8-12(9-7-11)14(18)20-13-4-2-1-3-5-13/h6-9,13H,1-5,10H2,(H3,16,17,19). The lowest BCUT2D eigenvalue weighted by molar-refractivity contribution is 0.0211. The predicted octanol–water partition coefficient (Wildman–Crippen LogP) is 2.34. The maximum absolute atomic E-state index is 12.0. The van der Waals surface area contributed by atoms with Gasteiger partial charge in [-0.3, -0.25) is 0 Å². The molecule has 3 N–H and O–H groups in total. The summed E-state index contributed by atoms with van der Waals surface area (Å²) in [5.41, 5.74) is 6.43. The van der Waals surface area contributed by atoms with E-state index in [1.807, 2.05) is 0 Å². The van der Waals surface area contributed by atoms with Crippen molar-refractivity contribution in [1.82, 2.24) is 5.32 Å². The van der Waals surface area contributed by atoms with Crippen molar-refractivity contribution in [2.24, 2.45) is 5.73 Å². The Morgan fingerprint density at radius 3 is 2.40 bits per heavy atom. The summed E-state index contributed by atoms with van der Waals surface area (Å²) in [5.74, 6) is -0.272. The monoisotopic (exact) mass is 276 g/mol. The van der Waals surface area contributed by atoms with E-state index in [-0.39, 0.29) is 12.1 Å². The van der Waals surface area contributed by atoms with Crippen LogP contribution in [-0.4, -0.2) is 18.1 Å². The maximum Gasteiger partial charge on any atom is 0.338 e. The molecule has 1 aromatic rings. The van der Waals surface area contributed by atoms with Gasteiger partial charge in [0.25, 0.3) is 0 Å². The molecule has 20 heavy (non-hydrogen) atoms. The van der Waals surface area contributed by atoms with Gasteiger partial charge in [-0.15, -0.1) is 0 Å². The van der Waals surface area contributed by atoms with Crippen LogP contribution >= 0.6 is 0 Å². The second-order valence-electron chi connectivity index (χ2n) is 5.08. The summed E-state index contributed by atoms with van der Waals surface area (Å²) in [6.45, 7) is 0.354. The maximum atomic E-state index is 12.0. The number of hydrogen-bond donors (Lipinski definition) is 2. The van der Waals surface area contributed by atoms with Gasteiger partial charge < -0.3 is 15.8 Å². The minimum atomic E-state index is -0.564. The number of primary amides is 1. The second kappa shape index (κ2) is 6.93. The molecular formula is C15H20N2O3. The van der Waals surface area contributed by atoms with Crippen molar-refractivity contribution in [3.05, 3.63) is 35.4 Å². The Balaban J connectivity index is 1.88. The third-order valence-corrected chi connectivity index (χ3v) is 3.48. The molecule has 1 aliphatic rings. The summed E-state index contributed by atoms with van der Waals surface area (Å²) in [6, 6.07) is 6.43. The van der Waals surface area contributed by atoms with Gasteiger partial charge in [0, 0.05) is 6.54 Å². The Labute approximate surface area is 118 Å². The molecule has 5 heteroatoms. The van der Waals surface area contributed by atoms with Gasteiger partial charge in [-0.1, -0.05) is 18.6 Å². The quantitative estimate of drug-likeness (QED) is 0.828. The van der Waals surface area contributed by atoms with Crippen LogP contribution in [0.3, 0.4) is 0 Å². The van der Waals surface area contributed by atoms with Crippen molar-refractivity contribution in [2.75, 3.05) is 0 Å². The first-order chi connectivity index (χ1) is 9.65. The molecule has 2 amide bonds. The van der Waals surface area contributed by atoms with Crippen LogP contribution in [0.2, 0.25) is 0 Å². The lowest BCUT2D eigenvalue weighted by Crippen LogP contribution is -2.28. The van der Waals surface area contributed by atoms with Crippen LogP contribution in [0.25, 0.3) is 0 Å². The number of carbonyl (C=O) groups excluding carboxylic acids is 2. The van der Waals surface area contributed by atoms with Crippen LogP contribution in [0.15, 0.2) is 24.3 Å². The van der Waals surface area contributed by atoms with Gasteiger partial charge in [0.15, 0.2) is 0 Å². The SMILES string of the molecule is NC(=O)NCc1ccc(C(=O)OC2CCCCC2)cc1. The molecule has 0 spiro atoms. The number of carbonyl (C=O) groups is 2. The Hall–Kier alpha value is -2.04. The first kappa shape index (κ1) is 14.4. The van der Waals surface area contributed by atoms with E-state index in [2.05, 4.69) is 5.32 Å². The number of ether oxygens (including phenoxy) is 1. The van der Waals surface area contributed by atoms with Crippen molar-refractivity contribution < 1.29 is 14.3 Å². The minimum absolute atomic E-state index is 0.0625. The summed E-state index contributed by atoms with van der Waals surface area (Å²) >= 11 is 0. The largest absolute Gasteiger partial charge is 0.459 e. The second-order valence-corrected chi connectivity index (χ2v) is 5.08. The molecule has 0 saturated heterocycles. The van der Waals surface area contributed by atoms with Gasteiger partial charge in [-0.25, -0.2) is 9.59 Å². The van der Waals surface area contributed by atoms with Crippen LogP contribution in [0.1, 0.15) is 48.0 Å². The minimum Gasteiger partial charge on any atom is -0.459 e. The van der Waals surface area contributed by atoms with Gasteiger partial charge in [0.05, 0.1) is 5.56 Å². The lowest BCUT2D eigenvalue weighted by Gasteiger charge is -2.21. The number of esters is 1. The van der Waals surface area contributed by atoms with Crippen molar-refractivity contribution in [2.45, 2.75) is 44.8 Å². The van der Waals surface area contributed by atoms with Gasteiger partial charge in [0.1, 0.15) is 6.10 Å². The third-order valence-electron chi connectivity index (χ3n) is 3.48. The number of benzene rings is 1. The van der Waals surface area contributed by atoms with Crippen molar-refractivity contribution in [1.29, 1.82) is 0 Å². The Morgan fingerprint density at radius 2 is 1.80 bits per heavy atom. The predicted molar refractivity (Wildman–Crippen MR) is 75.2 cm³/mol. The van der Waals surface area contributed by atoms with Crippen molar-refractivity contribution in [3.63, 3.8) is 0 Å². The topological polar surface area (TPSA) is 81.4 Å². The average molecular weight is 276 g/mol. The number of hydrogen-bond acceptors (Lipinski definition) is 3. The zero-order valence-corrected chi connectivity index (χ0v) is 11.4. The average Bonchev–Trinajstić information content (AvgIpc) is 2.46. The molecule has 2 rings (SSSR count). The van der Waals surface area contributed by atoms with Crippen LogP contribution in [-0.2, 0) is 11.3 Å². The van der Waals surface area contributed by atoms with Crippen molar-refractivity contribution >= 4 is 12.0 Å². The highest BCUT2D eigenvalue weighted by molar-refractivity contribution is 5.89. The summed E-state index contributed by atoms with van der Waals surface area (Å²) in [7, 11) is 0. The number of rotatable bonds is 4. The van der Waals surface area contributed by atoms with Crippen LogP contribution < -0.4 is 11.1 Å². The number of nitrogens with two attached hydrogens (primary N) is 1. The Kier molecular flexibility index (Phi) is 4.98. The summed E-state index contributed by atoms with van der Waals surface area (Å²) < 4.78 is 5.49. The van der Waals surface area contributed by atoms with E-state index in [4.69, 9.17) is 10.5 Å². The molecule has 0 aliphatic heterocycles. The summed E-state index contributed by atoms with van der Waals surface area (Å²) in [6.07, 6.45) is 5.49. The first-order valence-corrected chi connectivity index (χ1v) is 6.98. The van der Waals surface area contributed by atoms with E-state index < -0.39 is 6.03 Å². The normalized spacial score (nSPS) is 15.6. The zero-order valence-electron chi connectivity index (χ0n) is 11.4. The fourth-order valence-electron chi connectivity index (χ4n) is 2.35. The molecule has 108 valence electrons. The van der Waals surface area contributed by atoms with Gasteiger partial charge in [-0.05, 0) is 43.4 Å². The van der Waals surface area contributed by atoms with E-state index in [1.54, 1.807) is 24.3 Å².